The molecule has 0 bridgehead atoms. The van der Waals surface area contributed by atoms with E-state index in [1.807, 2.05) is 0 Å². The van der Waals surface area contributed by atoms with Crippen molar-refractivity contribution in [2.75, 3.05) is 13.2 Å². The minimum absolute atomic E-state index is 0.0551. The molecule has 2 atom stereocenters. The van der Waals surface area contributed by atoms with Crippen LogP contribution in [-0.2, 0) is 19.1 Å². The third kappa shape index (κ3) is 2.30. The van der Waals surface area contributed by atoms with Gasteiger partial charge in [-0.2, -0.15) is 0 Å². The van der Waals surface area contributed by atoms with E-state index in [9.17, 15) is 9.59 Å². The SMILES string of the molecule is CCOC(=O)C1C(=O)COC12CCCC(C)(C)C2. The molecule has 1 heterocycles. The predicted molar refractivity (Wildman–Crippen MR) is 66.1 cm³/mol. The van der Waals surface area contributed by atoms with Crippen LogP contribution in [0.15, 0.2) is 0 Å². The van der Waals surface area contributed by atoms with E-state index in [1.54, 1.807) is 6.92 Å². The summed E-state index contributed by atoms with van der Waals surface area (Å²) in [7, 11) is 0. The molecule has 4 heteroatoms. The summed E-state index contributed by atoms with van der Waals surface area (Å²) < 4.78 is 10.8. The van der Waals surface area contributed by atoms with Crippen molar-refractivity contribution in [1.29, 1.82) is 0 Å². The molecule has 0 radical (unpaired) electrons. The molecule has 0 N–H and O–H groups in total. The zero-order chi connectivity index (χ0) is 13.4. The fourth-order valence-corrected chi connectivity index (χ4v) is 3.47. The normalized spacial score (nSPS) is 34.8. The molecule has 1 saturated carbocycles. The zero-order valence-corrected chi connectivity index (χ0v) is 11.5. The van der Waals surface area contributed by atoms with Gasteiger partial charge in [0, 0.05) is 0 Å². The molecule has 0 aromatic rings. The molecule has 2 aliphatic rings. The second-order valence-electron chi connectivity index (χ2n) is 6.20. The van der Waals surface area contributed by atoms with Crippen molar-refractivity contribution in [3.8, 4) is 0 Å². The molecule has 4 nitrogen and oxygen atoms in total. The van der Waals surface area contributed by atoms with E-state index >= 15 is 0 Å². The van der Waals surface area contributed by atoms with Crippen LogP contribution in [-0.4, -0.2) is 30.6 Å². The Morgan fingerprint density at radius 2 is 2.17 bits per heavy atom. The minimum Gasteiger partial charge on any atom is -0.465 e. The number of carbonyl (C=O) groups excluding carboxylic acids is 2. The highest BCUT2D eigenvalue weighted by atomic mass is 16.5. The Morgan fingerprint density at radius 3 is 2.78 bits per heavy atom. The molecule has 1 aliphatic heterocycles. The van der Waals surface area contributed by atoms with Gasteiger partial charge in [-0.15, -0.1) is 0 Å². The van der Waals surface area contributed by atoms with Crippen LogP contribution in [0.2, 0.25) is 0 Å². The van der Waals surface area contributed by atoms with Crippen LogP contribution in [0.25, 0.3) is 0 Å². The van der Waals surface area contributed by atoms with Gasteiger partial charge in [-0.25, -0.2) is 0 Å². The van der Waals surface area contributed by atoms with Crippen LogP contribution in [0.4, 0.5) is 0 Å². The van der Waals surface area contributed by atoms with Crippen molar-refractivity contribution in [3.05, 3.63) is 0 Å². The lowest BCUT2D eigenvalue weighted by molar-refractivity contribution is -0.160. The van der Waals surface area contributed by atoms with Gasteiger partial charge >= 0.3 is 5.97 Å². The van der Waals surface area contributed by atoms with Gasteiger partial charge in [-0.1, -0.05) is 20.3 Å². The van der Waals surface area contributed by atoms with Crippen molar-refractivity contribution in [3.63, 3.8) is 0 Å². The van der Waals surface area contributed by atoms with Gasteiger partial charge in [0.15, 0.2) is 5.78 Å². The van der Waals surface area contributed by atoms with Crippen molar-refractivity contribution >= 4 is 11.8 Å². The van der Waals surface area contributed by atoms with E-state index in [-0.39, 0.29) is 17.8 Å². The first-order chi connectivity index (χ1) is 8.40. The Bertz CT molecular complexity index is 361. The van der Waals surface area contributed by atoms with Crippen molar-refractivity contribution in [2.45, 2.75) is 52.1 Å². The van der Waals surface area contributed by atoms with Gasteiger partial charge in [0.2, 0.25) is 0 Å². The monoisotopic (exact) mass is 254 g/mol. The number of hydrogen-bond donors (Lipinski definition) is 0. The second-order valence-corrected chi connectivity index (χ2v) is 6.20. The van der Waals surface area contributed by atoms with E-state index in [4.69, 9.17) is 9.47 Å². The Balaban J connectivity index is 2.24. The summed E-state index contributed by atoms with van der Waals surface area (Å²) in [5.41, 5.74) is -0.487. The molecule has 2 unspecified atom stereocenters. The Hall–Kier alpha value is -0.900. The number of hydrogen-bond acceptors (Lipinski definition) is 4. The van der Waals surface area contributed by atoms with Gasteiger partial charge in [0.05, 0.1) is 12.2 Å². The minimum atomic E-state index is -0.711. The number of Topliss-reactive ketones (excluding diaryl/α,β-unsaturated/α-hetero) is 1. The summed E-state index contributed by atoms with van der Waals surface area (Å²) >= 11 is 0. The van der Waals surface area contributed by atoms with Crippen LogP contribution in [0.1, 0.15) is 46.5 Å². The van der Waals surface area contributed by atoms with Crippen LogP contribution in [0, 0.1) is 11.3 Å². The second kappa shape index (κ2) is 4.65. The lowest BCUT2D eigenvalue weighted by Gasteiger charge is -2.43. The summed E-state index contributed by atoms with van der Waals surface area (Å²) in [6.07, 6.45) is 3.65. The summed E-state index contributed by atoms with van der Waals surface area (Å²) in [5.74, 6) is -1.24. The molecule has 1 aliphatic carbocycles. The molecule has 18 heavy (non-hydrogen) atoms. The summed E-state index contributed by atoms with van der Waals surface area (Å²) in [5, 5.41) is 0. The van der Waals surface area contributed by atoms with Crippen molar-refractivity contribution in [1.82, 2.24) is 0 Å². The predicted octanol–water partition coefficient (Wildman–Crippen LogP) is 2.10. The summed E-state index contributed by atoms with van der Waals surface area (Å²) in [4.78, 5) is 24.0. The summed E-state index contributed by atoms with van der Waals surface area (Å²) in [6.45, 7) is 6.46. The first-order valence-corrected chi connectivity index (χ1v) is 6.73. The van der Waals surface area contributed by atoms with E-state index in [1.165, 1.54) is 0 Å². The van der Waals surface area contributed by atoms with E-state index in [2.05, 4.69) is 13.8 Å². The topological polar surface area (TPSA) is 52.6 Å². The van der Waals surface area contributed by atoms with Crippen molar-refractivity contribution < 1.29 is 19.1 Å². The number of ketones is 1. The Morgan fingerprint density at radius 1 is 1.44 bits per heavy atom. The van der Waals surface area contributed by atoms with Crippen LogP contribution in [0.5, 0.6) is 0 Å². The quantitative estimate of drug-likeness (QED) is 0.559. The van der Waals surface area contributed by atoms with Crippen molar-refractivity contribution in [2.24, 2.45) is 11.3 Å². The molecule has 2 rings (SSSR count). The first-order valence-electron chi connectivity index (χ1n) is 6.73. The first kappa shape index (κ1) is 13.5. The molecule has 102 valence electrons. The van der Waals surface area contributed by atoms with E-state index in [0.717, 1.165) is 25.7 Å². The Kier molecular flexibility index (Phi) is 3.49. The Labute approximate surface area is 108 Å². The zero-order valence-electron chi connectivity index (χ0n) is 11.5. The highest BCUT2D eigenvalue weighted by molar-refractivity contribution is 6.02. The maximum absolute atomic E-state index is 12.0. The third-order valence-corrected chi connectivity index (χ3v) is 4.10. The standard InChI is InChI=1S/C14H22O4/c1-4-17-12(16)11-10(15)8-18-14(11)7-5-6-13(2,3)9-14/h11H,4-9H2,1-3H3. The van der Waals surface area contributed by atoms with E-state index < -0.39 is 17.5 Å². The van der Waals surface area contributed by atoms with Gasteiger partial charge in [-0.3, -0.25) is 9.59 Å². The third-order valence-electron chi connectivity index (χ3n) is 4.10. The molecular weight excluding hydrogens is 232 g/mol. The van der Waals surface area contributed by atoms with Gasteiger partial charge in [0.1, 0.15) is 12.5 Å². The largest absolute Gasteiger partial charge is 0.465 e. The fourth-order valence-electron chi connectivity index (χ4n) is 3.47. The number of carbonyl (C=O) groups is 2. The van der Waals surface area contributed by atoms with Crippen LogP contribution < -0.4 is 0 Å². The molecule has 0 aromatic carbocycles. The lowest BCUT2D eigenvalue weighted by Crippen LogP contribution is -2.48. The van der Waals surface area contributed by atoms with Gasteiger partial charge < -0.3 is 9.47 Å². The molecule has 0 aromatic heterocycles. The number of rotatable bonds is 2. The van der Waals surface area contributed by atoms with Gasteiger partial charge in [0.25, 0.3) is 0 Å². The molecule has 1 spiro atoms. The molecule has 1 saturated heterocycles. The average Bonchev–Trinajstić information content (AvgIpc) is 2.54. The van der Waals surface area contributed by atoms with Crippen LogP contribution in [0.3, 0.4) is 0 Å². The summed E-state index contributed by atoms with van der Waals surface area (Å²) in [6, 6.07) is 0. The maximum Gasteiger partial charge on any atom is 0.319 e. The fraction of sp³-hybridized carbons (Fsp3) is 0.857. The molecular formula is C14H22O4. The molecule has 2 fully saturated rings. The smallest absolute Gasteiger partial charge is 0.319 e. The molecule has 0 amide bonds. The van der Waals surface area contributed by atoms with Gasteiger partial charge in [-0.05, 0) is 31.6 Å². The maximum atomic E-state index is 12.0. The average molecular weight is 254 g/mol. The number of ether oxygens (including phenoxy) is 2. The lowest BCUT2D eigenvalue weighted by atomic mass is 9.65. The highest BCUT2D eigenvalue weighted by Crippen LogP contribution is 2.49. The number of esters is 1. The highest BCUT2D eigenvalue weighted by Gasteiger charge is 2.57. The van der Waals surface area contributed by atoms with Crippen LogP contribution >= 0.6 is 0 Å². The van der Waals surface area contributed by atoms with E-state index in [0.29, 0.717) is 6.61 Å².